The number of methoxy groups -OCH3 is 1. The Balaban J connectivity index is 2.21. The molecule has 2 aromatic rings. The number of halogens is 3. The summed E-state index contributed by atoms with van der Waals surface area (Å²) in [7, 11) is 1.41. The first kappa shape index (κ1) is 16.0. The fourth-order valence-corrected chi connectivity index (χ4v) is 1.96. The molecule has 0 aromatic heterocycles. The van der Waals surface area contributed by atoms with Crippen molar-refractivity contribution >= 4 is 0 Å². The van der Waals surface area contributed by atoms with Crippen molar-refractivity contribution in [2.45, 2.75) is 12.4 Å². The summed E-state index contributed by atoms with van der Waals surface area (Å²) >= 11 is 0. The topological polar surface area (TPSA) is 64.7 Å². The third-order valence-corrected chi connectivity index (χ3v) is 3.04. The summed E-state index contributed by atoms with van der Waals surface area (Å²) < 4.78 is 45.1. The van der Waals surface area contributed by atoms with Crippen LogP contribution >= 0.6 is 0 Å². The van der Waals surface area contributed by atoms with E-state index < -0.39 is 12.4 Å². The van der Waals surface area contributed by atoms with Gasteiger partial charge in [-0.15, -0.1) is 13.2 Å². The van der Waals surface area contributed by atoms with E-state index in [9.17, 15) is 18.3 Å². The Morgan fingerprint density at radius 2 is 1.64 bits per heavy atom. The number of ether oxygens (including phenoxy) is 2. The SMILES string of the molecule is COc1cc([C@H](N)c2ccc(OC(F)(F)F)cc2)ccc1O. The number of phenols is 1. The first-order valence-corrected chi connectivity index (χ1v) is 6.28. The molecule has 7 heteroatoms. The standard InChI is InChI=1S/C15H14F3NO3/c1-21-13-8-10(4-7-12(13)20)14(19)9-2-5-11(6-3-9)22-15(16,17)18/h2-8,14,20H,19H2,1H3/t14-/m1/s1. The minimum Gasteiger partial charge on any atom is -0.504 e. The van der Waals surface area contributed by atoms with E-state index in [1.54, 1.807) is 12.1 Å². The molecule has 0 heterocycles. The average Bonchev–Trinajstić information content (AvgIpc) is 2.46. The van der Waals surface area contributed by atoms with Crippen LogP contribution in [0.15, 0.2) is 42.5 Å². The predicted molar refractivity (Wildman–Crippen MR) is 73.8 cm³/mol. The summed E-state index contributed by atoms with van der Waals surface area (Å²) in [5.74, 6) is -0.0657. The number of benzene rings is 2. The molecule has 0 spiro atoms. The smallest absolute Gasteiger partial charge is 0.504 e. The van der Waals surface area contributed by atoms with Crippen LogP contribution in [-0.4, -0.2) is 18.6 Å². The molecule has 1 atom stereocenters. The highest BCUT2D eigenvalue weighted by Gasteiger charge is 2.31. The number of hydrogen-bond acceptors (Lipinski definition) is 4. The van der Waals surface area contributed by atoms with Gasteiger partial charge in [-0.1, -0.05) is 18.2 Å². The first-order chi connectivity index (χ1) is 10.3. The molecule has 2 aromatic carbocycles. The molecular formula is C15H14F3NO3. The fourth-order valence-electron chi connectivity index (χ4n) is 1.96. The largest absolute Gasteiger partial charge is 0.573 e. The van der Waals surface area contributed by atoms with E-state index in [1.165, 1.54) is 37.4 Å². The van der Waals surface area contributed by atoms with Gasteiger partial charge < -0.3 is 20.3 Å². The zero-order chi connectivity index (χ0) is 16.3. The first-order valence-electron chi connectivity index (χ1n) is 6.28. The van der Waals surface area contributed by atoms with Gasteiger partial charge in [0, 0.05) is 0 Å². The third-order valence-electron chi connectivity index (χ3n) is 3.04. The molecule has 0 bridgehead atoms. The highest BCUT2D eigenvalue weighted by molar-refractivity contribution is 5.45. The zero-order valence-corrected chi connectivity index (χ0v) is 11.6. The molecule has 22 heavy (non-hydrogen) atoms. The fraction of sp³-hybridized carbons (Fsp3) is 0.200. The van der Waals surface area contributed by atoms with Crippen molar-refractivity contribution in [1.29, 1.82) is 0 Å². The van der Waals surface area contributed by atoms with Crippen molar-refractivity contribution in [2.75, 3.05) is 7.11 Å². The lowest BCUT2D eigenvalue weighted by Crippen LogP contribution is -2.17. The monoisotopic (exact) mass is 313 g/mol. The second-order valence-electron chi connectivity index (χ2n) is 4.53. The van der Waals surface area contributed by atoms with E-state index in [-0.39, 0.29) is 17.2 Å². The van der Waals surface area contributed by atoms with Gasteiger partial charge in [-0.25, -0.2) is 0 Å². The summed E-state index contributed by atoms with van der Waals surface area (Å²) in [5, 5.41) is 9.54. The highest BCUT2D eigenvalue weighted by Crippen LogP contribution is 2.31. The number of phenolic OH excluding ortho intramolecular Hbond substituents is 1. The van der Waals surface area contributed by atoms with E-state index in [2.05, 4.69) is 4.74 Å². The molecule has 0 aliphatic carbocycles. The Hall–Kier alpha value is -2.41. The molecule has 0 radical (unpaired) electrons. The number of aromatic hydroxyl groups is 1. The van der Waals surface area contributed by atoms with Crippen LogP contribution in [0, 0.1) is 0 Å². The van der Waals surface area contributed by atoms with Crippen molar-refractivity contribution in [3.05, 3.63) is 53.6 Å². The summed E-state index contributed by atoms with van der Waals surface area (Å²) in [4.78, 5) is 0. The lowest BCUT2D eigenvalue weighted by molar-refractivity contribution is -0.274. The molecule has 3 N–H and O–H groups in total. The van der Waals surface area contributed by atoms with Crippen molar-refractivity contribution < 1.29 is 27.8 Å². The van der Waals surface area contributed by atoms with Crippen LogP contribution in [0.1, 0.15) is 17.2 Å². The van der Waals surface area contributed by atoms with Crippen LogP contribution in [0.4, 0.5) is 13.2 Å². The number of hydrogen-bond donors (Lipinski definition) is 2. The van der Waals surface area contributed by atoms with E-state index in [1.807, 2.05) is 0 Å². The summed E-state index contributed by atoms with van der Waals surface area (Å²) in [6.45, 7) is 0. The van der Waals surface area contributed by atoms with Crippen LogP contribution in [0.2, 0.25) is 0 Å². The molecule has 4 nitrogen and oxygen atoms in total. The molecular weight excluding hydrogens is 299 g/mol. The minimum atomic E-state index is -4.73. The minimum absolute atomic E-state index is 0.0209. The summed E-state index contributed by atoms with van der Waals surface area (Å²) in [6, 6.07) is 9.34. The Labute approximate surface area is 124 Å². The normalized spacial score (nSPS) is 12.8. The van der Waals surface area contributed by atoms with Gasteiger partial charge in [0.05, 0.1) is 13.2 Å². The van der Waals surface area contributed by atoms with Gasteiger partial charge in [0.2, 0.25) is 0 Å². The van der Waals surface area contributed by atoms with E-state index in [0.29, 0.717) is 11.1 Å². The Bertz CT molecular complexity index is 641. The quantitative estimate of drug-likeness (QED) is 0.908. The Morgan fingerprint density at radius 3 is 2.18 bits per heavy atom. The van der Waals surface area contributed by atoms with E-state index in [0.717, 1.165) is 0 Å². The van der Waals surface area contributed by atoms with Gasteiger partial charge in [0.25, 0.3) is 0 Å². The van der Waals surface area contributed by atoms with Crippen LogP contribution in [-0.2, 0) is 0 Å². The van der Waals surface area contributed by atoms with Gasteiger partial charge in [-0.05, 0) is 35.4 Å². The second-order valence-corrected chi connectivity index (χ2v) is 4.53. The van der Waals surface area contributed by atoms with Crippen LogP contribution in [0.3, 0.4) is 0 Å². The van der Waals surface area contributed by atoms with E-state index in [4.69, 9.17) is 10.5 Å². The van der Waals surface area contributed by atoms with Gasteiger partial charge >= 0.3 is 6.36 Å². The molecule has 0 aliphatic heterocycles. The highest BCUT2D eigenvalue weighted by atomic mass is 19.4. The van der Waals surface area contributed by atoms with Crippen LogP contribution in [0.25, 0.3) is 0 Å². The van der Waals surface area contributed by atoms with Gasteiger partial charge in [0.15, 0.2) is 11.5 Å². The van der Waals surface area contributed by atoms with Crippen molar-refractivity contribution in [3.8, 4) is 17.2 Å². The molecule has 0 fully saturated rings. The van der Waals surface area contributed by atoms with Crippen molar-refractivity contribution in [3.63, 3.8) is 0 Å². The summed E-state index contributed by atoms with van der Waals surface area (Å²) in [6.07, 6.45) is -4.73. The van der Waals surface area contributed by atoms with Gasteiger partial charge in [-0.3, -0.25) is 0 Å². The maximum Gasteiger partial charge on any atom is 0.573 e. The van der Waals surface area contributed by atoms with E-state index >= 15 is 0 Å². The third kappa shape index (κ3) is 3.82. The second kappa shape index (κ2) is 6.15. The lowest BCUT2D eigenvalue weighted by atomic mass is 9.99. The number of rotatable bonds is 4. The van der Waals surface area contributed by atoms with Crippen LogP contribution in [0.5, 0.6) is 17.2 Å². The Kier molecular flexibility index (Phi) is 4.46. The lowest BCUT2D eigenvalue weighted by Gasteiger charge is -2.15. The maximum atomic E-state index is 12.1. The molecule has 118 valence electrons. The predicted octanol–water partition coefficient (Wildman–Crippen LogP) is 3.35. The van der Waals surface area contributed by atoms with Gasteiger partial charge in [0.1, 0.15) is 5.75 Å². The molecule has 0 saturated heterocycles. The molecule has 0 saturated carbocycles. The zero-order valence-electron chi connectivity index (χ0n) is 11.6. The molecule has 2 rings (SSSR count). The average molecular weight is 313 g/mol. The Morgan fingerprint density at radius 1 is 1.05 bits per heavy atom. The van der Waals surface area contributed by atoms with Crippen molar-refractivity contribution in [2.24, 2.45) is 5.73 Å². The summed E-state index contributed by atoms with van der Waals surface area (Å²) in [5.41, 5.74) is 7.32. The number of alkyl halides is 3. The molecule has 0 amide bonds. The molecule has 0 unspecified atom stereocenters. The number of nitrogens with two attached hydrogens (primary N) is 1. The van der Waals surface area contributed by atoms with Crippen LogP contribution < -0.4 is 15.2 Å². The van der Waals surface area contributed by atoms with Gasteiger partial charge in [-0.2, -0.15) is 0 Å². The molecule has 0 aliphatic rings. The van der Waals surface area contributed by atoms with Crippen molar-refractivity contribution in [1.82, 2.24) is 0 Å². The maximum absolute atomic E-state index is 12.1.